The van der Waals surface area contributed by atoms with Gasteiger partial charge in [-0.05, 0) is 24.5 Å². The van der Waals surface area contributed by atoms with Crippen LogP contribution in [0.5, 0.6) is 0 Å². The Hall–Kier alpha value is -1.95. The van der Waals surface area contributed by atoms with Gasteiger partial charge in [-0.3, -0.25) is 4.79 Å². The molecule has 0 radical (unpaired) electrons. The third-order valence-electron chi connectivity index (χ3n) is 3.41. The van der Waals surface area contributed by atoms with Crippen molar-refractivity contribution in [1.82, 2.24) is 5.32 Å². The first-order chi connectivity index (χ1) is 10.1. The Morgan fingerprint density at radius 1 is 1.48 bits per heavy atom. The molecule has 0 saturated carbocycles. The molecule has 0 unspecified atom stereocenters. The van der Waals surface area contributed by atoms with Crippen molar-refractivity contribution in [3.63, 3.8) is 0 Å². The minimum atomic E-state index is -0.927. The smallest absolute Gasteiger partial charge is 0.328 e. The van der Waals surface area contributed by atoms with E-state index in [0.29, 0.717) is 18.6 Å². The van der Waals surface area contributed by atoms with E-state index in [-0.39, 0.29) is 12.3 Å². The monoisotopic (exact) mass is 295 g/mol. The molecular weight excluding hydrogens is 277 g/mol. The zero-order chi connectivity index (χ0) is 15.2. The van der Waals surface area contributed by atoms with Gasteiger partial charge in [-0.1, -0.05) is 18.2 Å². The molecule has 0 bridgehead atoms. The Labute approximate surface area is 122 Å². The van der Waals surface area contributed by atoms with Crippen LogP contribution in [0.4, 0.5) is 4.39 Å². The van der Waals surface area contributed by atoms with E-state index >= 15 is 0 Å². The minimum Gasteiger partial charge on any atom is -0.467 e. The van der Waals surface area contributed by atoms with Crippen molar-refractivity contribution in [2.45, 2.75) is 31.4 Å². The van der Waals surface area contributed by atoms with Gasteiger partial charge in [0.25, 0.3) is 0 Å². The summed E-state index contributed by atoms with van der Waals surface area (Å²) < 4.78 is 23.6. The van der Waals surface area contributed by atoms with Crippen LogP contribution in [0.3, 0.4) is 0 Å². The lowest BCUT2D eigenvalue weighted by Gasteiger charge is -2.19. The lowest BCUT2D eigenvalue weighted by atomic mass is 10.0. The fraction of sp³-hybridized carbons (Fsp3) is 0.467. The number of amides is 1. The third kappa shape index (κ3) is 4.01. The van der Waals surface area contributed by atoms with Crippen molar-refractivity contribution in [2.75, 3.05) is 13.7 Å². The van der Waals surface area contributed by atoms with E-state index in [2.05, 4.69) is 10.1 Å². The summed E-state index contributed by atoms with van der Waals surface area (Å²) in [6.45, 7) is 0.536. The summed E-state index contributed by atoms with van der Waals surface area (Å²) in [5.41, 5.74) is 0.348. The molecule has 1 fully saturated rings. The van der Waals surface area contributed by atoms with Crippen molar-refractivity contribution in [1.29, 1.82) is 0 Å². The molecule has 1 aromatic rings. The Kier molecular flexibility index (Phi) is 5.27. The zero-order valence-electron chi connectivity index (χ0n) is 11.8. The number of rotatable bonds is 5. The van der Waals surface area contributed by atoms with E-state index in [9.17, 15) is 14.0 Å². The standard InChI is InChI=1S/C15H18FNO4/c1-20-15(19)12(9-10-5-2-3-6-11(10)16)17-14(18)13-7-4-8-21-13/h2-3,5-6,12-13H,4,7-9H2,1H3,(H,17,18)/t12-,13+/m1/s1. The van der Waals surface area contributed by atoms with Gasteiger partial charge in [-0.15, -0.1) is 0 Å². The summed E-state index contributed by atoms with van der Waals surface area (Å²) in [6.07, 6.45) is 0.934. The van der Waals surface area contributed by atoms with Gasteiger partial charge in [0.1, 0.15) is 18.0 Å². The maximum atomic E-state index is 13.7. The maximum Gasteiger partial charge on any atom is 0.328 e. The van der Waals surface area contributed by atoms with Crippen LogP contribution in [0.15, 0.2) is 24.3 Å². The molecule has 2 atom stereocenters. The largest absolute Gasteiger partial charge is 0.467 e. The van der Waals surface area contributed by atoms with E-state index < -0.39 is 23.9 Å². The van der Waals surface area contributed by atoms with E-state index in [1.54, 1.807) is 18.2 Å². The summed E-state index contributed by atoms with van der Waals surface area (Å²) in [6, 6.07) is 5.20. The Morgan fingerprint density at radius 3 is 2.86 bits per heavy atom. The molecule has 1 heterocycles. The average molecular weight is 295 g/mol. The quantitative estimate of drug-likeness (QED) is 0.829. The number of methoxy groups -OCH3 is 1. The Morgan fingerprint density at radius 2 is 2.24 bits per heavy atom. The molecule has 0 spiro atoms. The highest BCUT2D eigenvalue weighted by molar-refractivity contribution is 5.87. The number of carbonyl (C=O) groups excluding carboxylic acids is 2. The van der Waals surface area contributed by atoms with Gasteiger partial charge in [0.2, 0.25) is 5.91 Å². The normalized spacial score (nSPS) is 19.0. The average Bonchev–Trinajstić information content (AvgIpc) is 3.02. The van der Waals surface area contributed by atoms with Crippen LogP contribution in [0.1, 0.15) is 18.4 Å². The molecule has 1 saturated heterocycles. The molecule has 0 aliphatic carbocycles. The molecule has 1 aromatic carbocycles. The van der Waals surface area contributed by atoms with Gasteiger partial charge >= 0.3 is 5.97 Å². The minimum absolute atomic E-state index is 0.0395. The lowest BCUT2D eigenvalue weighted by molar-refractivity contribution is -0.146. The lowest BCUT2D eigenvalue weighted by Crippen LogP contribution is -2.47. The van der Waals surface area contributed by atoms with E-state index in [0.717, 1.165) is 6.42 Å². The first-order valence-electron chi connectivity index (χ1n) is 6.85. The molecule has 114 valence electrons. The highest BCUT2D eigenvalue weighted by atomic mass is 19.1. The van der Waals surface area contributed by atoms with E-state index in [4.69, 9.17) is 4.74 Å². The fourth-order valence-electron chi connectivity index (χ4n) is 2.27. The van der Waals surface area contributed by atoms with Crippen LogP contribution in [0, 0.1) is 5.82 Å². The highest BCUT2D eigenvalue weighted by Crippen LogP contribution is 2.14. The van der Waals surface area contributed by atoms with Crippen LogP contribution in [0.25, 0.3) is 0 Å². The van der Waals surface area contributed by atoms with Gasteiger partial charge in [-0.2, -0.15) is 0 Å². The molecular formula is C15H18FNO4. The molecule has 1 aliphatic rings. The number of hydrogen-bond acceptors (Lipinski definition) is 4. The molecule has 1 aliphatic heterocycles. The van der Waals surface area contributed by atoms with Crippen molar-refractivity contribution < 1.29 is 23.5 Å². The van der Waals surface area contributed by atoms with Crippen molar-refractivity contribution in [2.24, 2.45) is 0 Å². The Balaban J connectivity index is 2.06. The van der Waals surface area contributed by atoms with Crippen LogP contribution < -0.4 is 5.32 Å². The first-order valence-corrected chi connectivity index (χ1v) is 6.85. The number of carbonyl (C=O) groups is 2. The van der Waals surface area contributed by atoms with Gasteiger partial charge in [-0.25, -0.2) is 9.18 Å². The first kappa shape index (κ1) is 15.4. The summed E-state index contributed by atoms with van der Waals surface area (Å²) >= 11 is 0. The summed E-state index contributed by atoms with van der Waals surface area (Å²) in [5, 5.41) is 2.58. The van der Waals surface area contributed by atoms with Crippen LogP contribution in [0.2, 0.25) is 0 Å². The number of hydrogen-bond donors (Lipinski definition) is 1. The second-order valence-corrected chi connectivity index (χ2v) is 4.88. The topological polar surface area (TPSA) is 64.6 Å². The SMILES string of the molecule is COC(=O)[C@@H](Cc1ccccc1F)NC(=O)[C@@H]1CCCO1. The van der Waals surface area contributed by atoms with Crippen molar-refractivity contribution in [3.8, 4) is 0 Å². The molecule has 2 rings (SSSR count). The summed E-state index contributed by atoms with van der Waals surface area (Å²) in [7, 11) is 1.23. The number of benzene rings is 1. The number of nitrogens with one attached hydrogen (secondary N) is 1. The molecule has 21 heavy (non-hydrogen) atoms. The van der Waals surface area contributed by atoms with Gasteiger partial charge < -0.3 is 14.8 Å². The van der Waals surface area contributed by atoms with Gasteiger partial charge in [0.05, 0.1) is 7.11 Å². The Bertz CT molecular complexity index is 514. The number of esters is 1. The highest BCUT2D eigenvalue weighted by Gasteiger charge is 2.29. The second-order valence-electron chi connectivity index (χ2n) is 4.88. The number of ether oxygens (including phenoxy) is 2. The van der Waals surface area contributed by atoms with Crippen molar-refractivity contribution in [3.05, 3.63) is 35.6 Å². The fourth-order valence-corrected chi connectivity index (χ4v) is 2.27. The number of halogens is 1. The molecule has 0 aromatic heterocycles. The molecule has 1 N–H and O–H groups in total. The second kappa shape index (κ2) is 7.17. The van der Waals surface area contributed by atoms with Crippen LogP contribution in [-0.4, -0.2) is 37.7 Å². The molecule has 1 amide bonds. The van der Waals surface area contributed by atoms with Gasteiger partial charge in [0.15, 0.2) is 0 Å². The summed E-state index contributed by atoms with van der Waals surface area (Å²) in [5.74, 6) is -1.39. The van der Waals surface area contributed by atoms with E-state index in [1.807, 2.05) is 0 Å². The van der Waals surface area contributed by atoms with Crippen molar-refractivity contribution >= 4 is 11.9 Å². The molecule has 5 nitrogen and oxygen atoms in total. The predicted octanol–water partition coefficient (Wildman–Crippen LogP) is 1.20. The third-order valence-corrected chi connectivity index (χ3v) is 3.41. The van der Waals surface area contributed by atoms with E-state index in [1.165, 1.54) is 13.2 Å². The van der Waals surface area contributed by atoms with Crippen LogP contribution >= 0.6 is 0 Å². The zero-order valence-corrected chi connectivity index (χ0v) is 11.8. The van der Waals surface area contributed by atoms with Gasteiger partial charge in [0, 0.05) is 13.0 Å². The maximum absolute atomic E-state index is 13.7. The predicted molar refractivity (Wildman–Crippen MR) is 73.0 cm³/mol. The summed E-state index contributed by atoms with van der Waals surface area (Å²) in [4.78, 5) is 23.8. The molecule has 6 heteroatoms. The van der Waals surface area contributed by atoms with Crippen LogP contribution in [-0.2, 0) is 25.5 Å².